The maximum Gasteiger partial charge on any atom is 0.227 e. The summed E-state index contributed by atoms with van der Waals surface area (Å²) in [5.41, 5.74) is 16.5. The minimum absolute atomic E-state index is 0.596. The largest absolute Gasteiger partial charge is 0.456 e. The molecular formula is C55H36N2O2. The zero-order valence-electron chi connectivity index (χ0n) is 32.0. The van der Waals surface area contributed by atoms with E-state index in [2.05, 4.69) is 181 Å². The molecule has 11 aromatic rings. The third kappa shape index (κ3) is 6.34. The van der Waals surface area contributed by atoms with Crippen LogP contribution in [0.1, 0.15) is 0 Å². The van der Waals surface area contributed by atoms with Gasteiger partial charge in [0.05, 0.1) is 5.69 Å². The average molecular weight is 757 g/mol. The lowest BCUT2D eigenvalue weighted by molar-refractivity contribution is 0.620. The smallest absolute Gasteiger partial charge is 0.227 e. The second-order valence-electron chi connectivity index (χ2n) is 14.7. The third-order valence-electron chi connectivity index (χ3n) is 11.1. The van der Waals surface area contributed by atoms with Gasteiger partial charge < -0.3 is 13.7 Å². The fraction of sp³-hybridized carbons (Fsp3) is 0. The molecule has 0 saturated carbocycles. The lowest BCUT2D eigenvalue weighted by Gasteiger charge is -2.28. The third-order valence-corrected chi connectivity index (χ3v) is 11.1. The van der Waals surface area contributed by atoms with E-state index in [4.69, 9.17) is 13.8 Å². The summed E-state index contributed by atoms with van der Waals surface area (Å²) in [6, 6.07) is 76.6. The number of para-hydroxylation sites is 1. The van der Waals surface area contributed by atoms with Crippen molar-refractivity contribution in [1.29, 1.82) is 0 Å². The predicted molar refractivity (Wildman–Crippen MR) is 243 cm³/mol. The molecule has 59 heavy (non-hydrogen) atoms. The Balaban J connectivity index is 0.984. The molecule has 2 heterocycles. The van der Waals surface area contributed by atoms with E-state index in [1.807, 2.05) is 42.5 Å². The number of benzene rings is 9. The quantitative estimate of drug-likeness (QED) is 0.155. The maximum absolute atomic E-state index is 6.45. The number of fused-ring (bicyclic) bond motifs is 4. The Morgan fingerprint density at radius 3 is 1.47 bits per heavy atom. The van der Waals surface area contributed by atoms with Gasteiger partial charge in [-0.3, -0.25) is 0 Å². The maximum atomic E-state index is 6.45. The molecule has 0 aliphatic carbocycles. The second kappa shape index (κ2) is 14.5. The van der Waals surface area contributed by atoms with Crippen LogP contribution in [-0.4, -0.2) is 4.98 Å². The highest BCUT2D eigenvalue weighted by atomic mass is 16.4. The van der Waals surface area contributed by atoms with E-state index < -0.39 is 0 Å². The standard InChI is InChI=1S/C55H36N2O2/c1-4-13-37(14-5-1)38-23-25-39(26-24-38)40-27-31-44(32-28-40)57(50-21-11-10-19-46(50)41-15-6-2-7-16-41)45-33-29-42(30-34-45)47-20-12-22-51-54(47)48-35-53-49(36-52(48)58-51)56-55(59-53)43-17-8-3-9-18-43/h1-36H. The Morgan fingerprint density at radius 2 is 0.831 bits per heavy atom. The number of furan rings is 1. The second-order valence-corrected chi connectivity index (χ2v) is 14.7. The molecule has 4 nitrogen and oxygen atoms in total. The number of aromatic nitrogens is 1. The summed E-state index contributed by atoms with van der Waals surface area (Å²) in [7, 11) is 0. The zero-order chi connectivity index (χ0) is 39.1. The van der Waals surface area contributed by atoms with Crippen LogP contribution in [0.3, 0.4) is 0 Å². The van der Waals surface area contributed by atoms with Crippen LogP contribution in [0.15, 0.2) is 227 Å². The van der Waals surface area contributed by atoms with Crippen molar-refractivity contribution < 1.29 is 8.83 Å². The summed E-state index contributed by atoms with van der Waals surface area (Å²) in [6.07, 6.45) is 0. The molecule has 0 radical (unpaired) electrons. The molecule has 0 aliphatic heterocycles. The number of oxazole rings is 1. The minimum atomic E-state index is 0.596. The highest BCUT2D eigenvalue weighted by Gasteiger charge is 2.20. The van der Waals surface area contributed by atoms with E-state index in [0.29, 0.717) is 5.89 Å². The van der Waals surface area contributed by atoms with Gasteiger partial charge in [-0.1, -0.05) is 158 Å². The number of nitrogens with zero attached hydrogens (tertiary/aromatic N) is 2. The van der Waals surface area contributed by atoms with Crippen molar-refractivity contribution in [3.05, 3.63) is 218 Å². The lowest BCUT2D eigenvalue weighted by Crippen LogP contribution is -2.11. The zero-order valence-corrected chi connectivity index (χ0v) is 32.0. The molecule has 2 aromatic heterocycles. The van der Waals surface area contributed by atoms with Crippen LogP contribution < -0.4 is 4.90 Å². The molecule has 0 N–H and O–H groups in total. The summed E-state index contributed by atoms with van der Waals surface area (Å²) in [4.78, 5) is 7.14. The van der Waals surface area contributed by atoms with Gasteiger partial charge in [0.2, 0.25) is 5.89 Å². The summed E-state index contributed by atoms with van der Waals surface area (Å²) < 4.78 is 12.7. The van der Waals surface area contributed by atoms with Crippen LogP contribution >= 0.6 is 0 Å². The molecule has 0 atom stereocenters. The molecule has 0 spiro atoms. The Hall–Kier alpha value is -7.95. The minimum Gasteiger partial charge on any atom is -0.456 e. The molecule has 0 unspecified atom stereocenters. The van der Waals surface area contributed by atoms with Gasteiger partial charge in [-0.2, -0.15) is 0 Å². The molecule has 278 valence electrons. The van der Waals surface area contributed by atoms with Gasteiger partial charge in [0.25, 0.3) is 0 Å². The van der Waals surface area contributed by atoms with Crippen molar-refractivity contribution in [2.75, 3.05) is 4.90 Å². The fourth-order valence-corrected chi connectivity index (χ4v) is 8.23. The lowest BCUT2D eigenvalue weighted by atomic mass is 9.98. The van der Waals surface area contributed by atoms with E-state index in [9.17, 15) is 0 Å². The molecule has 0 bridgehead atoms. The normalized spacial score (nSPS) is 11.4. The predicted octanol–water partition coefficient (Wildman–Crippen LogP) is 15.5. The van der Waals surface area contributed by atoms with Crippen molar-refractivity contribution >= 4 is 50.1 Å². The highest BCUT2D eigenvalue weighted by molar-refractivity contribution is 6.15. The number of rotatable bonds is 8. The van der Waals surface area contributed by atoms with Gasteiger partial charge >= 0.3 is 0 Å². The Morgan fingerprint density at radius 1 is 0.339 bits per heavy atom. The van der Waals surface area contributed by atoms with E-state index in [1.54, 1.807) is 0 Å². The van der Waals surface area contributed by atoms with Gasteiger partial charge in [-0.25, -0.2) is 4.98 Å². The highest BCUT2D eigenvalue weighted by Crippen LogP contribution is 2.43. The number of hydrogen-bond donors (Lipinski definition) is 0. The van der Waals surface area contributed by atoms with Crippen LogP contribution in [0.2, 0.25) is 0 Å². The van der Waals surface area contributed by atoms with E-state index in [1.165, 1.54) is 22.3 Å². The first-order valence-corrected chi connectivity index (χ1v) is 19.9. The van der Waals surface area contributed by atoms with Crippen LogP contribution in [-0.2, 0) is 0 Å². The molecule has 4 heteroatoms. The Kier molecular flexibility index (Phi) is 8.45. The van der Waals surface area contributed by atoms with Crippen molar-refractivity contribution in [3.63, 3.8) is 0 Å². The van der Waals surface area contributed by atoms with Crippen molar-refractivity contribution in [1.82, 2.24) is 4.98 Å². The molecule has 0 saturated heterocycles. The summed E-state index contributed by atoms with van der Waals surface area (Å²) in [5, 5.41) is 2.05. The fourth-order valence-electron chi connectivity index (χ4n) is 8.23. The van der Waals surface area contributed by atoms with Crippen molar-refractivity contribution in [2.45, 2.75) is 0 Å². The first-order chi connectivity index (χ1) is 29.2. The van der Waals surface area contributed by atoms with Gasteiger partial charge in [0.1, 0.15) is 16.7 Å². The summed E-state index contributed by atoms with van der Waals surface area (Å²) in [6.45, 7) is 0. The van der Waals surface area contributed by atoms with Crippen LogP contribution in [0, 0.1) is 0 Å². The van der Waals surface area contributed by atoms with Gasteiger partial charge in [-0.05, 0) is 93.5 Å². The summed E-state index contributed by atoms with van der Waals surface area (Å²) in [5.74, 6) is 0.596. The molecule has 9 aromatic carbocycles. The monoisotopic (exact) mass is 756 g/mol. The molecular weight excluding hydrogens is 721 g/mol. The first-order valence-electron chi connectivity index (χ1n) is 19.9. The molecule has 0 aliphatic rings. The van der Waals surface area contributed by atoms with Crippen molar-refractivity contribution in [3.8, 4) is 56.0 Å². The average Bonchev–Trinajstić information content (AvgIpc) is 3.91. The number of anilines is 3. The molecule has 0 fully saturated rings. The van der Waals surface area contributed by atoms with E-state index in [0.717, 1.165) is 77.9 Å². The van der Waals surface area contributed by atoms with E-state index in [-0.39, 0.29) is 0 Å². The van der Waals surface area contributed by atoms with Gasteiger partial charge in [0, 0.05) is 39.3 Å². The SMILES string of the molecule is c1ccc(-c2ccc(-c3ccc(N(c4ccc(-c5cccc6oc7cc8nc(-c9ccccc9)oc8cc7c56)cc4)c4ccccc4-c4ccccc4)cc3)cc2)cc1. The molecule has 0 amide bonds. The summed E-state index contributed by atoms with van der Waals surface area (Å²) >= 11 is 0. The van der Waals surface area contributed by atoms with Crippen molar-refractivity contribution in [2.24, 2.45) is 0 Å². The van der Waals surface area contributed by atoms with Crippen LogP contribution in [0.4, 0.5) is 17.1 Å². The van der Waals surface area contributed by atoms with Crippen LogP contribution in [0.25, 0.3) is 89.0 Å². The van der Waals surface area contributed by atoms with Crippen LogP contribution in [0.5, 0.6) is 0 Å². The topological polar surface area (TPSA) is 42.4 Å². The van der Waals surface area contributed by atoms with Gasteiger partial charge in [0.15, 0.2) is 5.58 Å². The Labute approximate surface area is 341 Å². The number of hydrogen-bond acceptors (Lipinski definition) is 4. The first kappa shape index (κ1) is 34.3. The molecule has 11 rings (SSSR count). The van der Waals surface area contributed by atoms with Gasteiger partial charge in [-0.15, -0.1) is 0 Å². The van der Waals surface area contributed by atoms with E-state index >= 15 is 0 Å². The Bertz CT molecular complexity index is 3220.